The molecule has 1 aromatic heterocycles. The highest BCUT2D eigenvalue weighted by Crippen LogP contribution is 2.31. The summed E-state index contributed by atoms with van der Waals surface area (Å²) >= 11 is 4.77. The third-order valence-corrected chi connectivity index (χ3v) is 6.43. The molecule has 0 aliphatic carbocycles. The second-order valence-electron chi connectivity index (χ2n) is 4.02. The Morgan fingerprint density at radius 1 is 1.39 bits per heavy atom. The summed E-state index contributed by atoms with van der Waals surface area (Å²) < 4.78 is 27.9. The zero-order valence-corrected chi connectivity index (χ0v) is 14.0. The number of hydrogen-bond donors (Lipinski definition) is 2. The molecule has 2 N–H and O–H groups in total. The van der Waals surface area contributed by atoms with E-state index in [2.05, 4.69) is 26.0 Å². The van der Waals surface area contributed by atoms with Gasteiger partial charge in [-0.25, -0.2) is 13.1 Å². The van der Waals surface area contributed by atoms with Gasteiger partial charge in [-0.1, -0.05) is 13.8 Å². The molecule has 0 spiro atoms. The van der Waals surface area contributed by atoms with Crippen LogP contribution in [0.25, 0.3) is 0 Å². The molecular formula is C11H19BrN2O2S2. The first kappa shape index (κ1) is 16.1. The Balaban J connectivity index is 2.97. The fourth-order valence-corrected chi connectivity index (χ4v) is 5.68. The monoisotopic (exact) mass is 354 g/mol. The lowest BCUT2D eigenvalue weighted by molar-refractivity contribution is 0.530. The Morgan fingerprint density at radius 3 is 2.50 bits per heavy atom. The van der Waals surface area contributed by atoms with Crippen molar-refractivity contribution in [2.24, 2.45) is 0 Å². The van der Waals surface area contributed by atoms with Gasteiger partial charge in [-0.3, -0.25) is 0 Å². The molecule has 7 heteroatoms. The van der Waals surface area contributed by atoms with Crippen molar-refractivity contribution in [2.75, 3.05) is 7.05 Å². The third kappa shape index (κ3) is 4.03. The molecule has 0 aliphatic heterocycles. The van der Waals surface area contributed by atoms with Crippen LogP contribution in [0.2, 0.25) is 0 Å². The molecule has 1 heterocycles. The summed E-state index contributed by atoms with van der Waals surface area (Å²) in [5, 5.41) is 3.01. The number of thiophene rings is 1. The third-order valence-electron chi connectivity index (χ3n) is 2.65. The number of halogens is 1. The van der Waals surface area contributed by atoms with Crippen molar-refractivity contribution < 1.29 is 8.42 Å². The van der Waals surface area contributed by atoms with Crippen LogP contribution in [0.3, 0.4) is 0 Å². The molecule has 0 saturated carbocycles. The van der Waals surface area contributed by atoms with Gasteiger partial charge in [-0.15, -0.1) is 11.3 Å². The standard InChI is InChI=1S/C11H19BrN2O2S2/c1-4-8(5-2)14-18(15,16)10-6-9(7-13-3)17-11(10)12/h6,8,13-14H,4-5,7H2,1-3H3. The van der Waals surface area contributed by atoms with E-state index in [-0.39, 0.29) is 6.04 Å². The lowest BCUT2D eigenvalue weighted by atomic mass is 10.2. The Morgan fingerprint density at radius 2 is 2.00 bits per heavy atom. The summed E-state index contributed by atoms with van der Waals surface area (Å²) in [6, 6.07) is 1.71. The molecular weight excluding hydrogens is 336 g/mol. The van der Waals surface area contributed by atoms with E-state index in [0.717, 1.165) is 17.7 Å². The fraction of sp³-hybridized carbons (Fsp3) is 0.636. The van der Waals surface area contributed by atoms with Crippen LogP contribution in [0, 0.1) is 0 Å². The molecule has 0 amide bonds. The first-order chi connectivity index (χ1) is 8.44. The van der Waals surface area contributed by atoms with Crippen LogP contribution in [-0.2, 0) is 16.6 Å². The van der Waals surface area contributed by atoms with Crippen LogP contribution < -0.4 is 10.0 Å². The molecule has 4 nitrogen and oxygen atoms in total. The summed E-state index contributed by atoms with van der Waals surface area (Å²) in [4.78, 5) is 1.33. The minimum absolute atomic E-state index is 0.00505. The molecule has 0 fully saturated rings. The van der Waals surface area contributed by atoms with Crippen molar-refractivity contribution in [3.8, 4) is 0 Å². The van der Waals surface area contributed by atoms with Crippen molar-refractivity contribution in [3.05, 3.63) is 14.7 Å². The van der Waals surface area contributed by atoms with Gasteiger partial charge in [-0.2, -0.15) is 0 Å². The summed E-state index contributed by atoms with van der Waals surface area (Å²) in [5.74, 6) is 0. The van der Waals surface area contributed by atoms with E-state index in [1.807, 2.05) is 20.9 Å². The predicted molar refractivity (Wildman–Crippen MR) is 79.5 cm³/mol. The van der Waals surface area contributed by atoms with Crippen LogP contribution in [0.15, 0.2) is 14.7 Å². The van der Waals surface area contributed by atoms with E-state index in [9.17, 15) is 8.42 Å². The maximum Gasteiger partial charge on any atom is 0.242 e. The summed E-state index contributed by atoms with van der Waals surface area (Å²) in [6.45, 7) is 4.63. The molecule has 0 aromatic carbocycles. The lowest BCUT2D eigenvalue weighted by Gasteiger charge is -2.14. The second-order valence-corrected chi connectivity index (χ2v) is 8.15. The fourth-order valence-electron chi connectivity index (χ4n) is 1.58. The molecule has 1 aromatic rings. The average Bonchev–Trinajstić information content (AvgIpc) is 2.68. The SMILES string of the molecule is CCC(CC)NS(=O)(=O)c1cc(CNC)sc1Br. The van der Waals surface area contributed by atoms with Crippen LogP contribution in [0.5, 0.6) is 0 Å². The molecule has 0 radical (unpaired) electrons. The van der Waals surface area contributed by atoms with Gasteiger partial charge in [0.1, 0.15) is 4.90 Å². The largest absolute Gasteiger partial charge is 0.315 e. The number of rotatable bonds is 7. The molecule has 0 saturated heterocycles. The van der Waals surface area contributed by atoms with Gasteiger partial charge < -0.3 is 5.32 Å². The number of hydrogen-bond acceptors (Lipinski definition) is 4. The van der Waals surface area contributed by atoms with E-state index in [1.54, 1.807) is 6.07 Å². The Bertz CT molecular complexity index is 481. The highest BCUT2D eigenvalue weighted by molar-refractivity contribution is 9.11. The summed E-state index contributed by atoms with van der Waals surface area (Å²) in [6.07, 6.45) is 1.59. The normalized spacial score (nSPS) is 12.3. The minimum Gasteiger partial charge on any atom is -0.315 e. The molecule has 1 rings (SSSR count). The van der Waals surface area contributed by atoms with Crippen LogP contribution in [0.1, 0.15) is 31.6 Å². The first-order valence-electron chi connectivity index (χ1n) is 5.89. The van der Waals surface area contributed by atoms with E-state index in [0.29, 0.717) is 15.2 Å². The van der Waals surface area contributed by atoms with E-state index < -0.39 is 10.0 Å². The maximum absolute atomic E-state index is 12.2. The zero-order chi connectivity index (χ0) is 13.8. The average molecular weight is 355 g/mol. The first-order valence-corrected chi connectivity index (χ1v) is 8.99. The Kier molecular flexibility index (Phi) is 6.26. The van der Waals surface area contributed by atoms with Gasteiger partial charge in [-0.05, 0) is 41.9 Å². The van der Waals surface area contributed by atoms with Crippen LogP contribution >= 0.6 is 27.3 Å². The molecule has 0 aliphatic rings. The molecule has 104 valence electrons. The van der Waals surface area contributed by atoms with Gasteiger partial charge in [0.15, 0.2) is 0 Å². The van der Waals surface area contributed by atoms with Gasteiger partial charge in [0.05, 0.1) is 3.79 Å². The van der Waals surface area contributed by atoms with Gasteiger partial charge in [0, 0.05) is 17.5 Å². The molecule has 18 heavy (non-hydrogen) atoms. The van der Waals surface area contributed by atoms with Crippen molar-refractivity contribution in [1.29, 1.82) is 0 Å². The highest BCUT2D eigenvalue weighted by atomic mass is 79.9. The Hall–Kier alpha value is 0.0500. The van der Waals surface area contributed by atoms with Crippen molar-refractivity contribution in [3.63, 3.8) is 0 Å². The second kappa shape index (κ2) is 7.00. The predicted octanol–water partition coefficient (Wildman–Crippen LogP) is 2.70. The van der Waals surface area contributed by atoms with Crippen molar-refractivity contribution in [2.45, 2.75) is 44.2 Å². The van der Waals surface area contributed by atoms with E-state index >= 15 is 0 Å². The molecule has 0 atom stereocenters. The molecule has 0 bridgehead atoms. The van der Waals surface area contributed by atoms with Gasteiger partial charge >= 0.3 is 0 Å². The zero-order valence-electron chi connectivity index (χ0n) is 10.8. The topological polar surface area (TPSA) is 58.2 Å². The number of nitrogens with one attached hydrogen (secondary N) is 2. The number of sulfonamides is 1. The molecule has 0 unspecified atom stereocenters. The van der Waals surface area contributed by atoms with Gasteiger partial charge in [0.2, 0.25) is 10.0 Å². The van der Waals surface area contributed by atoms with Crippen molar-refractivity contribution in [1.82, 2.24) is 10.0 Å². The van der Waals surface area contributed by atoms with Crippen LogP contribution in [-0.4, -0.2) is 21.5 Å². The Labute approximate surface area is 121 Å². The quantitative estimate of drug-likeness (QED) is 0.791. The summed E-state index contributed by atoms with van der Waals surface area (Å²) in [5.41, 5.74) is 0. The lowest BCUT2D eigenvalue weighted by Crippen LogP contribution is -2.33. The summed E-state index contributed by atoms with van der Waals surface area (Å²) in [7, 11) is -1.59. The highest BCUT2D eigenvalue weighted by Gasteiger charge is 2.23. The maximum atomic E-state index is 12.2. The van der Waals surface area contributed by atoms with E-state index in [4.69, 9.17) is 0 Å². The van der Waals surface area contributed by atoms with Gasteiger partial charge in [0.25, 0.3) is 0 Å². The smallest absolute Gasteiger partial charge is 0.242 e. The van der Waals surface area contributed by atoms with Crippen LogP contribution in [0.4, 0.5) is 0 Å². The van der Waals surface area contributed by atoms with E-state index in [1.165, 1.54) is 11.3 Å². The minimum atomic E-state index is -3.43. The van der Waals surface area contributed by atoms with Crippen molar-refractivity contribution >= 4 is 37.3 Å².